The monoisotopic (exact) mass is 207 g/mol. The van der Waals surface area contributed by atoms with Crippen molar-refractivity contribution in [2.75, 3.05) is 0 Å². The van der Waals surface area contributed by atoms with Gasteiger partial charge in [-0.15, -0.1) is 0 Å². The quantitative estimate of drug-likeness (QED) is 0.800. The van der Waals surface area contributed by atoms with Gasteiger partial charge in [0.25, 0.3) is 0 Å². The van der Waals surface area contributed by atoms with Crippen LogP contribution in [0.3, 0.4) is 0 Å². The molecule has 1 saturated carbocycles. The Balaban J connectivity index is 1.98. The number of hydrogen-bond donors (Lipinski definition) is 2. The average Bonchev–Trinajstić information content (AvgIpc) is 2.81. The van der Waals surface area contributed by atoms with Crippen LogP contribution >= 0.6 is 0 Å². The molecule has 1 heterocycles. The van der Waals surface area contributed by atoms with Gasteiger partial charge in [0, 0.05) is 12.4 Å². The lowest BCUT2D eigenvalue weighted by molar-refractivity contribution is 0.227. The summed E-state index contributed by atoms with van der Waals surface area (Å²) in [4.78, 5) is 7.39. The molecule has 0 amide bonds. The van der Waals surface area contributed by atoms with E-state index in [0.717, 1.165) is 11.7 Å². The first-order valence-electron chi connectivity index (χ1n) is 6.06. The summed E-state index contributed by atoms with van der Waals surface area (Å²) in [7, 11) is 0. The smallest absolute Gasteiger partial charge is 0.123 e. The first-order valence-corrected chi connectivity index (χ1v) is 6.06. The molecule has 15 heavy (non-hydrogen) atoms. The number of H-pyrrole nitrogens is 1. The van der Waals surface area contributed by atoms with Crippen LogP contribution in [-0.2, 0) is 0 Å². The molecule has 84 valence electrons. The number of hydrogen-bond acceptors (Lipinski definition) is 2. The van der Waals surface area contributed by atoms with E-state index in [1.54, 1.807) is 6.20 Å². The van der Waals surface area contributed by atoms with E-state index in [2.05, 4.69) is 16.9 Å². The summed E-state index contributed by atoms with van der Waals surface area (Å²) >= 11 is 0. The molecule has 0 bridgehead atoms. The van der Waals surface area contributed by atoms with Gasteiger partial charge < -0.3 is 10.7 Å². The van der Waals surface area contributed by atoms with Gasteiger partial charge in [0.05, 0.1) is 6.04 Å². The van der Waals surface area contributed by atoms with Gasteiger partial charge in [0.15, 0.2) is 0 Å². The molecule has 0 aliphatic heterocycles. The first-order chi connectivity index (χ1) is 7.31. The fourth-order valence-corrected chi connectivity index (χ4v) is 2.71. The SMILES string of the molecule is CCC1CCCC(C(N)c2ncc[nH]2)C1. The van der Waals surface area contributed by atoms with Crippen molar-refractivity contribution in [3.63, 3.8) is 0 Å². The number of nitrogens with two attached hydrogens (primary N) is 1. The summed E-state index contributed by atoms with van der Waals surface area (Å²) in [5.74, 6) is 2.45. The van der Waals surface area contributed by atoms with Crippen molar-refractivity contribution in [1.82, 2.24) is 9.97 Å². The van der Waals surface area contributed by atoms with Crippen molar-refractivity contribution in [3.8, 4) is 0 Å². The van der Waals surface area contributed by atoms with E-state index in [0.29, 0.717) is 5.92 Å². The van der Waals surface area contributed by atoms with E-state index in [4.69, 9.17) is 5.73 Å². The second-order valence-corrected chi connectivity index (χ2v) is 4.70. The van der Waals surface area contributed by atoms with Crippen LogP contribution in [0.25, 0.3) is 0 Å². The van der Waals surface area contributed by atoms with Crippen molar-refractivity contribution in [3.05, 3.63) is 18.2 Å². The highest BCUT2D eigenvalue weighted by Crippen LogP contribution is 2.36. The summed E-state index contributed by atoms with van der Waals surface area (Å²) < 4.78 is 0. The van der Waals surface area contributed by atoms with Crippen LogP contribution < -0.4 is 5.73 Å². The molecule has 3 atom stereocenters. The Hall–Kier alpha value is -0.830. The molecule has 1 aromatic heterocycles. The summed E-state index contributed by atoms with van der Waals surface area (Å²) in [6, 6.07) is 0.106. The zero-order valence-corrected chi connectivity index (χ0v) is 9.45. The van der Waals surface area contributed by atoms with E-state index in [1.165, 1.54) is 32.1 Å². The Bertz CT molecular complexity index is 281. The molecule has 3 N–H and O–H groups in total. The predicted octanol–water partition coefficient (Wildman–Crippen LogP) is 2.63. The minimum Gasteiger partial charge on any atom is -0.347 e. The highest BCUT2D eigenvalue weighted by molar-refractivity contribution is 4.98. The molecule has 0 saturated heterocycles. The fraction of sp³-hybridized carbons (Fsp3) is 0.750. The van der Waals surface area contributed by atoms with Crippen LogP contribution in [0.2, 0.25) is 0 Å². The number of nitrogens with one attached hydrogen (secondary N) is 1. The predicted molar refractivity (Wildman–Crippen MR) is 61.3 cm³/mol. The second-order valence-electron chi connectivity index (χ2n) is 4.70. The molecule has 0 spiro atoms. The molecule has 3 heteroatoms. The van der Waals surface area contributed by atoms with E-state index >= 15 is 0 Å². The van der Waals surface area contributed by atoms with Gasteiger partial charge in [-0.1, -0.05) is 26.2 Å². The zero-order chi connectivity index (χ0) is 10.7. The van der Waals surface area contributed by atoms with Crippen molar-refractivity contribution in [2.24, 2.45) is 17.6 Å². The van der Waals surface area contributed by atoms with Gasteiger partial charge in [0.1, 0.15) is 5.82 Å². The normalized spacial score (nSPS) is 28.9. The Kier molecular flexibility index (Phi) is 3.41. The number of nitrogens with zero attached hydrogens (tertiary/aromatic N) is 1. The van der Waals surface area contributed by atoms with Gasteiger partial charge in [-0.25, -0.2) is 4.98 Å². The molecule has 3 nitrogen and oxygen atoms in total. The third kappa shape index (κ3) is 2.40. The van der Waals surface area contributed by atoms with E-state index in [9.17, 15) is 0 Å². The molecule has 1 aliphatic rings. The number of aromatic nitrogens is 2. The average molecular weight is 207 g/mol. The molecule has 0 aromatic carbocycles. The maximum absolute atomic E-state index is 6.24. The fourth-order valence-electron chi connectivity index (χ4n) is 2.71. The Morgan fingerprint density at radius 1 is 1.60 bits per heavy atom. The lowest BCUT2D eigenvalue weighted by Gasteiger charge is -2.31. The highest BCUT2D eigenvalue weighted by Gasteiger charge is 2.27. The summed E-state index contributed by atoms with van der Waals surface area (Å²) in [6.45, 7) is 2.28. The van der Waals surface area contributed by atoms with Crippen molar-refractivity contribution < 1.29 is 0 Å². The van der Waals surface area contributed by atoms with Crippen LogP contribution in [-0.4, -0.2) is 9.97 Å². The second kappa shape index (κ2) is 4.79. The van der Waals surface area contributed by atoms with E-state index < -0.39 is 0 Å². The van der Waals surface area contributed by atoms with Crippen molar-refractivity contribution in [1.29, 1.82) is 0 Å². The third-order valence-corrected chi connectivity index (χ3v) is 3.74. The van der Waals surface area contributed by atoms with Crippen molar-refractivity contribution in [2.45, 2.75) is 45.1 Å². The Morgan fingerprint density at radius 3 is 3.13 bits per heavy atom. The highest BCUT2D eigenvalue weighted by atomic mass is 14.9. The van der Waals surface area contributed by atoms with Gasteiger partial charge in [-0.2, -0.15) is 0 Å². The molecule has 2 rings (SSSR count). The summed E-state index contributed by atoms with van der Waals surface area (Å²) in [6.07, 6.45) is 10.2. The van der Waals surface area contributed by atoms with Crippen LogP contribution in [0.15, 0.2) is 12.4 Å². The summed E-state index contributed by atoms with van der Waals surface area (Å²) in [5, 5.41) is 0. The van der Waals surface area contributed by atoms with Crippen LogP contribution in [0.1, 0.15) is 50.9 Å². The van der Waals surface area contributed by atoms with Gasteiger partial charge in [-0.3, -0.25) is 0 Å². The standard InChI is InChI=1S/C12H21N3/c1-2-9-4-3-5-10(8-9)11(13)12-14-6-7-15-12/h6-7,9-11H,2-5,8,13H2,1H3,(H,14,15). The van der Waals surface area contributed by atoms with Crippen LogP contribution in [0.5, 0.6) is 0 Å². The molecule has 1 aromatic rings. The van der Waals surface area contributed by atoms with Gasteiger partial charge in [0.2, 0.25) is 0 Å². The van der Waals surface area contributed by atoms with Crippen LogP contribution in [0, 0.1) is 11.8 Å². The van der Waals surface area contributed by atoms with Gasteiger partial charge >= 0.3 is 0 Å². The lowest BCUT2D eigenvalue weighted by Crippen LogP contribution is -2.27. The number of imidazole rings is 1. The Morgan fingerprint density at radius 2 is 2.47 bits per heavy atom. The largest absolute Gasteiger partial charge is 0.347 e. The number of aromatic amines is 1. The molecule has 0 radical (unpaired) electrons. The Labute approximate surface area is 91.5 Å². The van der Waals surface area contributed by atoms with E-state index in [1.807, 2.05) is 6.20 Å². The first kappa shape index (κ1) is 10.7. The zero-order valence-electron chi connectivity index (χ0n) is 9.45. The van der Waals surface area contributed by atoms with Crippen LogP contribution in [0.4, 0.5) is 0 Å². The van der Waals surface area contributed by atoms with Crippen molar-refractivity contribution >= 4 is 0 Å². The lowest BCUT2D eigenvalue weighted by atomic mass is 9.77. The molecular formula is C12H21N3. The van der Waals surface area contributed by atoms with Gasteiger partial charge in [-0.05, 0) is 24.7 Å². The maximum Gasteiger partial charge on any atom is 0.123 e. The molecule has 1 aliphatic carbocycles. The minimum absolute atomic E-state index is 0.106. The topological polar surface area (TPSA) is 54.7 Å². The molecule has 1 fully saturated rings. The third-order valence-electron chi connectivity index (χ3n) is 3.74. The molecular weight excluding hydrogens is 186 g/mol. The van der Waals surface area contributed by atoms with E-state index in [-0.39, 0.29) is 6.04 Å². The molecule has 3 unspecified atom stereocenters. The summed E-state index contributed by atoms with van der Waals surface area (Å²) in [5.41, 5.74) is 6.24. The maximum atomic E-state index is 6.24. The minimum atomic E-state index is 0.106. The number of rotatable bonds is 3.